The highest BCUT2D eigenvalue weighted by atomic mass is 16.5. The Morgan fingerprint density at radius 1 is 1.04 bits per heavy atom. The maximum absolute atomic E-state index is 11.8. The van der Waals surface area contributed by atoms with Crippen molar-refractivity contribution in [3.8, 4) is 0 Å². The van der Waals surface area contributed by atoms with Crippen LogP contribution in [0.3, 0.4) is 0 Å². The molecule has 27 heavy (non-hydrogen) atoms. The first-order valence-electron chi connectivity index (χ1n) is 10.2. The van der Waals surface area contributed by atoms with Crippen LogP contribution < -0.4 is 0 Å². The van der Waals surface area contributed by atoms with Gasteiger partial charge in [-0.05, 0) is 31.6 Å². The Labute approximate surface area is 163 Å². The van der Waals surface area contributed by atoms with Crippen LogP contribution in [0.4, 0.5) is 0 Å². The normalized spacial score (nSPS) is 20.6. The molecule has 0 aromatic carbocycles. The first-order valence-corrected chi connectivity index (χ1v) is 10.2. The van der Waals surface area contributed by atoms with Crippen molar-refractivity contribution in [3.05, 3.63) is 24.3 Å². The van der Waals surface area contributed by atoms with Gasteiger partial charge in [-0.2, -0.15) is 0 Å². The molecule has 0 bridgehead atoms. The summed E-state index contributed by atoms with van der Waals surface area (Å²) in [5, 5.41) is 8.99. The highest BCUT2D eigenvalue weighted by Crippen LogP contribution is 2.36. The van der Waals surface area contributed by atoms with Gasteiger partial charge in [-0.1, -0.05) is 58.6 Å². The summed E-state index contributed by atoms with van der Waals surface area (Å²) in [6.07, 6.45) is 9.61. The molecule has 1 fully saturated rings. The van der Waals surface area contributed by atoms with Crippen LogP contribution in [0.5, 0.6) is 0 Å². The fraction of sp³-hybridized carbons (Fsp3) is 0.727. The zero-order valence-electron chi connectivity index (χ0n) is 17.0. The Balaban J connectivity index is 2.57. The molecule has 1 N–H and O–H groups in total. The van der Waals surface area contributed by atoms with Crippen LogP contribution in [0.15, 0.2) is 24.3 Å². The molecule has 0 aromatic rings. The van der Waals surface area contributed by atoms with E-state index in [1.54, 1.807) is 6.92 Å². The van der Waals surface area contributed by atoms with E-state index in [0.717, 1.165) is 18.8 Å². The lowest BCUT2D eigenvalue weighted by atomic mass is 9.75. The summed E-state index contributed by atoms with van der Waals surface area (Å²) in [5.41, 5.74) is 0.395. The molecule has 0 amide bonds. The third-order valence-electron chi connectivity index (χ3n) is 5.46. The molecule has 1 rings (SSSR count). The van der Waals surface area contributed by atoms with Crippen LogP contribution in [-0.4, -0.2) is 36.9 Å². The lowest BCUT2D eigenvalue weighted by Crippen LogP contribution is -2.31. The molecule has 1 aliphatic rings. The van der Waals surface area contributed by atoms with Crippen LogP contribution in [0.1, 0.15) is 65.2 Å². The van der Waals surface area contributed by atoms with Crippen LogP contribution in [0.25, 0.3) is 0 Å². The number of carbonyl (C=O) groups is 2. The van der Waals surface area contributed by atoms with Crippen molar-refractivity contribution >= 4 is 11.9 Å². The van der Waals surface area contributed by atoms with Crippen molar-refractivity contribution < 1.29 is 24.2 Å². The monoisotopic (exact) mass is 380 g/mol. The van der Waals surface area contributed by atoms with Crippen molar-refractivity contribution in [1.29, 1.82) is 0 Å². The third-order valence-corrected chi connectivity index (χ3v) is 5.46. The number of hydrogen-bond donors (Lipinski definition) is 1. The number of rotatable bonds is 12. The van der Waals surface area contributed by atoms with E-state index in [1.807, 2.05) is 0 Å². The van der Waals surface area contributed by atoms with E-state index in [9.17, 15) is 9.59 Å². The van der Waals surface area contributed by atoms with Gasteiger partial charge >= 0.3 is 11.9 Å². The van der Waals surface area contributed by atoms with Crippen LogP contribution in [-0.2, 0) is 19.1 Å². The van der Waals surface area contributed by atoms with Crippen molar-refractivity contribution in [1.82, 2.24) is 0 Å². The lowest BCUT2D eigenvalue weighted by molar-refractivity contribution is -0.146. The summed E-state index contributed by atoms with van der Waals surface area (Å²) in [6.45, 7) is 10.9. The molecule has 0 heterocycles. The maximum atomic E-state index is 11.8. The molecule has 1 unspecified atom stereocenters. The van der Waals surface area contributed by atoms with E-state index < -0.39 is 18.5 Å². The fourth-order valence-electron chi connectivity index (χ4n) is 3.61. The summed E-state index contributed by atoms with van der Waals surface area (Å²) < 4.78 is 10.6. The number of aliphatic hydroxyl groups excluding tert-OH is 1. The van der Waals surface area contributed by atoms with Crippen LogP contribution >= 0.6 is 0 Å². The van der Waals surface area contributed by atoms with Gasteiger partial charge in [0.1, 0.15) is 0 Å². The van der Waals surface area contributed by atoms with Gasteiger partial charge in [0.15, 0.2) is 0 Å². The number of aliphatic hydroxyl groups is 1. The molecule has 5 nitrogen and oxygen atoms in total. The van der Waals surface area contributed by atoms with Gasteiger partial charge in [-0.25, -0.2) is 9.59 Å². The minimum Gasteiger partial charge on any atom is -0.462 e. The second-order valence-corrected chi connectivity index (χ2v) is 7.78. The zero-order valence-corrected chi connectivity index (χ0v) is 17.0. The SMILES string of the molecule is C=C(C)C(=O)OCC(COC(=O)C(=C)CO)C1CCC(CCCCC)CC1. The third kappa shape index (κ3) is 8.74. The van der Waals surface area contributed by atoms with Crippen molar-refractivity contribution in [2.45, 2.75) is 65.2 Å². The summed E-state index contributed by atoms with van der Waals surface area (Å²) in [5.74, 6) is 0.0883. The standard InChI is InChI=1S/C22H36O5/c1-5-6-7-8-18-9-11-19(12-10-18)20(14-26-21(24)16(2)3)15-27-22(25)17(4)13-23/h18-20,23H,2,4-15H2,1,3H3. The molecule has 1 saturated carbocycles. The summed E-state index contributed by atoms with van der Waals surface area (Å²) in [7, 11) is 0. The first-order chi connectivity index (χ1) is 12.9. The van der Waals surface area contributed by atoms with Gasteiger partial charge in [0.05, 0.1) is 25.4 Å². The predicted molar refractivity (Wildman–Crippen MR) is 106 cm³/mol. The molecule has 154 valence electrons. The number of carbonyl (C=O) groups excluding carboxylic acids is 2. The maximum Gasteiger partial charge on any atom is 0.335 e. The van der Waals surface area contributed by atoms with Crippen molar-refractivity contribution in [3.63, 3.8) is 0 Å². The van der Waals surface area contributed by atoms with Crippen molar-refractivity contribution in [2.75, 3.05) is 19.8 Å². The molecule has 1 atom stereocenters. The Bertz CT molecular complexity index is 503. The largest absolute Gasteiger partial charge is 0.462 e. The number of esters is 2. The molecule has 0 spiro atoms. The van der Waals surface area contributed by atoms with Gasteiger partial charge in [0, 0.05) is 11.5 Å². The summed E-state index contributed by atoms with van der Waals surface area (Å²) in [4.78, 5) is 23.5. The van der Waals surface area contributed by atoms with E-state index in [1.165, 1.54) is 38.5 Å². The second kappa shape index (κ2) is 12.7. The fourth-order valence-corrected chi connectivity index (χ4v) is 3.61. The molecular weight excluding hydrogens is 344 g/mol. The van der Waals surface area contributed by atoms with Crippen LogP contribution in [0.2, 0.25) is 0 Å². The minimum atomic E-state index is -0.595. The van der Waals surface area contributed by atoms with E-state index in [0.29, 0.717) is 11.5 Å². The Kier molecular flexibility index (Phi) is 11.0. The minimum absolute atomic E-state index is 0.0345. The number of ether oxygens (including phenoxy) is 2. The number of hydrogen-bond acceptors (Lipinski definition) is 5. The lowest BCUT2D eigenvalue weighted by Gasteiger charge is -2.33. The molecule has 0 saturated heterocycles. The zero-order chi connectivity index (χ0) is 20.2. The van der Waals surface area contributed by atoms with E-state index >= 15 is 0 Å². The smallest absolute Gasteiger partial charge is 0.335 e. The molecule has 1 aliphatic carbocycles. The average molecular weight is 381 g/mol. The van der Waals surface area contributed by atoms with E-state index in [2.05, 4.69) is 20.1 Å². The molecule has 0 radical (unpaired) electrons. The highest BCUT2D eigenvalue weighted by molar-refractivity contribution is 5.88. The molecular formula is C22H36O5. The topological polar surface area (TPSA) is 72.8 Å². The van der Waals surface area contributed by atoms with Gasteiger partial charge in [0.25, 0.3) is 0 Å². The first kappa shape index (κ1) is 23.4. The summed E-state index contributed by atoms with van der Waals surface area (Å²) >= 11 is 0. The predicted octanol–water partition coefficient (Wildman–Crippen LogP) is 4.20. The Morgan fingerprint density at radius 2 is 1.63 bits per heavy atom. The van der Waals surface area contributed by atoms with Gasteiger partial charge in [0.2, 0.25) is 0 Å². The van der Waals surface area contributed by atoms with E-state index in [-0.39, 0.29) is 24.7 Å². The van der Waals surface area contributed by atoms with E-state index in [4.69, 9.17) is 14.6 Å². The number of unbranched alkanes of at least 4 members (excludes halogenated alkanes) is 2. The molecule has 0 aromatic heterocycles. The molecule has 0 aliphatic heterocycles. The Morgan fingerprint density at radius 3 is 2.15 bits per heavy atom. The van der Waals surface area contributed by atoms with Crippen LogP contribution in [0, 0.1) is 17.8 Å². The average Bonchev–Trinajstić information content (AvgIpc) is 2.67. The quantitative estimate of drug-likeness (QED) is 0.312. The summed E-state index contributed by atoms with van der Waals surface area (Å²) in [6, 6.07) is 0. The Hall–Kier alpha value is -1.62. The van der Waals surface area contributed by atoms with Crippen molar-refractivity contribution in [2.24, 2.45) is 17.8 Å². The molecule has 5 heteroatoms. The van der Waals surface area contributed by atoms with Gasteiger partial charge in [-0.3, -0.25) is 0 Å². The van der Waals surface area contributed by atoms with Gasteiger partial charge < -0.3 is 14.6 Å². The highest BCUT2D eigenvalue weighted by Gasteiger charge is 2.29. The van der Waals surface area contributed by atoms with Gasteiger partial charge in [-0.15, -0.1) is 0 Å². The second-order valence-electron chi connectivity index (χ2n) is 7.78.